The van der Waals surface area contributed by atoms with Crippen molar-refractivity contribution in [3.8, 4) is 17.6 Å². The van der Waals surface area contributed by atoms with E-state index >= 15 is 0 Å². The molecule has 0 bridgehead atoms. The summed E-state index contributed by atoms with van der Waals surface area (Å²) in [5, 5.41) is 17.7. The highest BCUT2D eigenvalue weighted by atomic mass is 32.2. The van der Waals surface area contributed by atoms with Crippen molar-refractivity contribution in [2.75, 3.05) is 13.7 Å². The Hall–Kier alpha value is -3.35. The number of rotatable bonds is 9. The Morgan fingerprint density at radius 1 is 1.28 bits per heavy atom. The average molecular weight is 469 g/mol. The van der Waals surface area contributed by atoms with Crippen molar-refractivity contribution in [2.45, 2.75) is 19.4 Å². The molecule has 0 spiro atoms. The summed E-state index contributed by atoms with van der Waals surface area (Å²) in [5.74, 6) is 0.146. The van der Waals surface area contributed by atoms with Crippen LogP contribution in [0.25, 0.3) is 6.08 Å². The third-order valence-corrected chi connectivity index (χ3v) is 6.00. The lowest BCUT2D eigenvalue weighted by molar-refractivity contribution is -0.137. The molecule has 1 heterocycles. The molecule has 0 aromatic heterocycles. The number of carbonyl (C=O) groups is 2. The molecule has 0 aliphatic carbocycles. The van der Waals surface area contributed by atoms with E-state index in [9.17, 15) is 9.59 Å². The van der Waals surface area contributed by atoms with Gasteiger partial charge in [0.25, 0.3) is 5.91 Å². The number of carbonyl (C=O) groups excluding carboxylic acids is 1. The zero-order chi connectivity index (χ0) is 23.1. The summed E-state index contributed by atoms with van der Waals surface area (Å²) in [6.07, 6.45) is 2.08. The molecule has 1 fully saturated rings. The van der Waals surface area contributed by atoms with Crippen molar-refractivity contribution in [2.24, 2.45) is 0 Å². The normalized spacial score (nSPS) is 14.5. The van der Waals surface area contributed by atoms with Gasteiger partial charge in [-0.3, -0.25) is 14.5 Å². The lowest BCUT2D eigenvalue weighted by Gasteiger charge is -2.13. The first-order chi connectivity index (χ1) is 15.4. The minimum Gasteiger partial charge on any atom is -0.496 e. The van der Waals surface area contributed by atoms with E-state index in [0.717, 1.165) is 11.1 Å². The second-order valence-electron chi connectivity index (χ2n) is 6.83. The Morgan fingerprint density at radius 2 is 2.03 bits per heavy atom. The summed E-state index contributed by atoms with van der Waals surface area (Å²) in [6, 6.07) is 14.4. The van der Waals surface area contributed by atoms with Crippen LogP contribution < -0.4 is 9.47 Å². The van der Waals surface area contributed by atoms with E-state index in [2.05, 4.69) is 6.07 Å². The average Bonchev–Trinajstić information content (AvgIpc) is 3.05. The number of thiocarbonyl (C=S) groups is 1. The molecule has 0 saturated carbocycles. The van der Waals surface area contributed by atoms with Crippen LogP contribution in [0.2, 0.25) is 0 Å². The van der Waals surface area contributed by atoms with Gasteiger partial charge < -0.3 is 14.6 Å². The second-order valence-corrected chi connectivity index (χ2v) is 8.50. The molecule has 32 heavy (non-hydrogen) atoms. The number of carboxylic acid groups (broad SMARTS) is 1. The maximum atomic E-state index is 12.7. The van der Waals surface area contributed by atoms with E-state index in [1.807, 2.05) is 12.1 Å². The SMILES string of the molecule is COc1ccc(C=C2SC(=S)N(CCCC(=O)O)C2=O)cc1COc1ccc(C#N)cc1. The zero-order valence-corrected chi connectivity index (χ0v) is 18.9. The van der Waals surface area contributed by atoms with E-state index in [-0.39, 0.29) is 25.5 Å². The van der Waals surface area contributed by atoms with Crippen LogP contribution in [-0.2, 0) is 16.2 Å². The molecular weight excluding hydrogens is 448 g/mol. The molecule has 2 aromatic rings. The van der Waals surface area contributed by atoms with Crippen LogP contribution in [0.3, 0.4) is 0 Å². The van der Waals surface area contributed by atoms with Gasteiger partial charge in [0.15, 0.2) is 0 Å². The number of nitrogens with zero attached hydrogens (tertiary/aromatic N) is 2. The molecule has 2 aromatic carbocycles. The predicted octanol–water partition coefficient (Wildman–Crippen LogP) is 4.21. The zero-order valence-electron chi connectivity index (χ0n) is 17.2. The summed E-state index contributed by atoms with van der Waals surface area (Å²) in [5.41, 5.74) is 2.13. The molecule has 1 aliphatic heterocycles. The highest BCUT2D eigenvalue weighted by Gasteiger charge is 2.31. The fourth-order valence-corrected chi connectivity index (χ4v) is 4.33. The van der Waals surface area contributed by atoms with Gasteiger partial charge in [0, 0.05) is 18.5 Å². The number of thioether (sulfide) groups is 1. The van der Waals surface area contributed by atoms with Crippen LogP contribution in [-0.4, -0.2) is 39.9 Å². The van der Waals surface area contributed by atoms with Crippen molar-refractivity contribution >= 4 is 46.3 Å². The smallest absolute Gasteiger partial charge is 0.303 e. The number of ether oxygens (including phenoxy) is 2. The first-order valence-electron chi connectivity index (χ1n) is 9.68. The molecule has 9 heteroatoms. The predicted molar refractivity (Wildman–Crippen MR) is 125 cm³/mol. The Kier molecular flexibility index (Phi) is 7.87. The summed E-state index contributed by atoms with van der Waals surface area (Å²) < 4.78 is 11.7. The number of benzene rings is 2. The monoisotopic (exact) mass is 468 g/mol. The molecule has 3 rings (SSSR count). The van der Waals surface area contributed by atoms with Crippen molar-refractivity contribution < 1.29 is 24.2 Å². The number of carboxylic acids is 1. The Bertz CT molecular complexity index is 1110. The van der Waals surface area contributed by atoms with Gasteiger partial charge in [0.05, 0.1) is 23.6 Å². The molecule has 0 atom stereocenters. The molecule has 1 amide bonds. The molecule has 1 saturated heterocycles. The van der Waals surface area contributed by atoms with Gasteiger partial charge in [0.1, 0.15) is 22.4 Å². The van der Waals surface area contributed by atoms with Crippen molar-refractivity contribution in [3.05, 3.63) is 64.1 Å². The van der Waals surface area contributed by atoms with Crippen LogP contribution in [0.4, 0.5) is 0 Å². The van der Waals surface area contributed by atoms with Gasteiger partial charge in [0.2, 0.25) is 0 Å². The number of hydrogen-bond acceptors (Lipinski definition) is 7. The number of methoxy groups -OCH3 is 1. The van der Waals surface area contributed by atoms with Crippen LogP contribution in [0.1, 0.15) is 29.5 Å². The Labute approximate surface area is 195 Å². The summed E-state index contributed by atoms with van der Waals surface area (Å²) >= 11 is 6.49. The van der Waals surface area contributed by atoms with Crippen molar-refractivity contribution in [1.29, 1.82) is 5.26 Å². The van der Waals surface area contributed by atoms with E-state index in [1.165, 1.54) is 16.7 Å². The van der Waals surface area contributed by atoms with Gasteiger partial charge in [-0.2, -0.15) is 5.26 Å². The lowest BCUT2D eigenvalue weighted by Crippen LogP contribution is -2.29. The molecule has 0 unspecified atom stereocenters. The van der Waals surface area contributed by atoms with Crippen LogP contribution >= 0.6 is 24.0 Å². The number of hydrogen-bond donors (Lipinski definition) is 1. The van der Waals surface area contributed by atoms with E-state index in [0.29, 0.717) is 32.7 Å². The van der Waals surface area contributed by atoms with E-state index < -0.39 is 5.97 Å². The van der Waals surface area contributed by atoms with E-state index in [1.54, 1.807) is 43.5 Å². The Balaban J connectivity index is 1.73. The topological polar surface area (TPSA) is 99.9 Å². The van der Waals surface area contributed by atoms with Gasteiger partial charge in [-0.15, -0.1) is 0 Å². The minimum absolute atomic E-state index is 0.0167. The van der Waals surface area contributed by atoms with Crippen molar-refractivity contribution in [3.63, 3.8) is 0 Å². The fourth-order valence-electron chi connectivity index (χ4n) is 3.02. The molecule has 7 nitrogen and oxygen atoms in total. The standard InChI is InChI=1S/C23H20N2O5S2/c1-29-19-9-6-16(11-17(19)14-30-18-7-4-15(13-24)5-8-18)12-20-22(28)25(23(31)32-20)10-2-3-21(26)27/h4-9,11-12H,2-3,10,14H2,1H3,(H,26,27). The quantitative estimate of drug-likeness (QED) is 0.432. The lowest BCUT2D eigenvalue weighted by atomic mass is 10.1. The van der Waals surface area contributed by atoms with E-state index in [4.69, 9.17) is 32.1 Å². The largest absolute Gasteiger partial charge is 0.496 e. The van der Waals surface area contributed by atoms with Gasteiger partial charge in [-0.25, -0.2) is 0 Å². The Morgan fingerprint density at radius 3 is 2.69 bits per heavy atom. The number of nitriles is 1. The third kappa shape index (κ3) is 5.87. The van der Waals surface area contributed by atoms with Gasteiger partial charge in [-0.1, -0.05) is 30.0 Å². The van der Waals surface area contributed by atoms with Gasteiger partial charge >= 0.3 is 5.97 Å². The maximum Gasteiger partial charge on any atom is 0.303 e. The molecular formula is C23H20N2O5S2. The minimum atomic E-state index is -0.903. The number of amides is 1. The van der Waals surface area contributed by atoms with Crippen LogP contribution in [0, 0.1) is 11.3 Å². The molecule has 164 valence electrons. The first-order valence-corrected chi connectivity index (χ1v) is 10.9. The molecule has 1 aliphatic rings. The first kappa shape index (κ1) is 23.3. The highest BCUT2D eigenvalue weighted by Crippen LogP contribution is 2.33. The summed E-state index contributed by atoms with van der Waals surface area (Å²) in [6.45, 7) is 0.521. The van der Waals surface area contributed by atoms with Crippen molar-refractivity contribution in [1.82, 2.24) is 4.90 Å². The molecule has 1 N–H and O–H groups in total. The summed E-state index contributed by atoms with van der Waals surface area (Å²) in [7, 11) is 1.57. The second kappa shape index (κ2) is 10.8. The summed E-state index contributed by atoms with van der Waals surface area (Å²) in [4.78, 5) is 25.3. The fraction of sp³-hybridized carbons (Fsp3) is 0.217. The highest BCUT2D eigenvalue weighted by molar-refractivity contribution is 8.26. The van der Waals surface area contributed by atoms with Crippen LogP contribution in [0.15, 0.2) is 47.4 Å². The van der Waals surface area contributed by atoms with Crippen LogP contribution in [0.5, 0.6) is 11.5 Å². The van der Waals surface area contributed by atoms with Gasteiger partial charge in [-0.05, 0) is 54.5 Å². The number of aliphatic carboxylic acids is 1. The maximum absolute atomic E-state index is 12.7. The third-order valence-electron chi connectivity index (χ3n) is 4.63. The molecule has 0 radical (unpaired) electrons.